The van der Waals surface area contributed by atoms with Crippen LogP contribution < -0.4 is 0 Å². The number of aromatic nitrogens is 1. The first-order chi connectivity index (χ1) is 6.84. The van der Waals surface area contributed by atoms with Crippen LogP contribution in [0.2, 0.25) is 5.02 Å². The summed E-state index contributed by atoms with van der Waals surface area (Å²) in [6.07, 6.45) is 1.63. The molecule has 0 aliphatic rings. The molecule has 0 saturated carbocycles. The molecule has 0 saturated heterocycles. The molecule has 82 valence electrons. The molecule has 0 unspecified atom stereocenters. The first-order valence-electron chi connectivity index (χ1n) is 4.38. The molecule has 0 spiro atoms. The van der Waals surface area contributed by atoms with Crippen molar-refractivity contribution in [3.05, 3.63) is 23.0 Å². The summed E-state index contributed by atoms with van der Waals surface area (Å²) in [5, 5.41) is 9.51. The zero-order chi connectivity index (χ0) is 11.6. The SMILES string of the molecule is Cc1nccc(SC(C)(C)C(=O)O)c1Cl. The third-order valence-corrected chi connectivity index (χ3v) is 3.74. The van der Waals surface area contributed by atoms with E-state index < -0.39 is 10.7 Å². The number of hydrogen-bond donors (Lipinski definition) is 1. The standard InChI is InChI=1S/C10H12ClNO2S/c1-6-8(11)7(4-5-12-6)15-10(2,3)9(13)14/h4-5H,1-3H3,(H,13,14). The van der Waals surface area contributed by atoms with E-state index in [-0.39, 0.29) is 0 Å². The van der Waals surface area contributed by atoms with Crippen molar-refractivity contribution in [2.75, 3.05) is 0 Å². The van der Waals surface area contributed by atoms with Gasteiger partial charge >= 0.3 is 5.97 Å². The molecule has 0 aliphatic carbocycles. The van der Waals surface area contributed by atoms with Crippen LogP contribution in [0.1, 0.15) is 19.5 Å². The summed E-state index contributed by atoms with van der Waals surface area (Å²) in [7, 11) is 0. The van der Waals surface area contributed by atoms with E-state index in [1.165, 1.54) is 11.8 Å². The van der Waals surface area contributed by atoms with Crippen LogP contribution in [0.3, 0.4) is 0 Å². The Bertz CT molecular complexity index is 393. The molecule has 0 aliphatic heterocycles. The summed E-state index contributed by atoms with van der Waals surface area (Å²) in [5.41, 5.74) is 0.711. The second-order valence-corrected chi connectivity index (χ2v) is 5.67. The van der Waals surface area contributed by atoms with Gasteiger partial charge in [-0.25, -0.2) is 0 Å². The molecule has 3 nitrogen and oxygen atoms in total. The summed E-state index contributed by atoms with van der Waals surface area (Å²) in [4.78, 5) is 15.7. The van der Waals surface area contributed by atoms with Crippen LogP contribution in [0.4, 0.5) is 0 Å². The topological polar surface area (TPSA) is 50.2 Å². The number of pyridine rings is 1. The van der Waals surface area contributed by atoms with Crippen molar-refractivity contribution in [1.82, 2.24) is 4.98 Å². The summed E-state index contributed by atoms with van der Waals surface area (Å²) < 4.78 is -0.891. The molecule has 15 heavy (non-hydrogen) atoms. The zero-order valence-corrected chi connectivity index (χ0v) is 10.3. The van der Waals surface area contributed by atoms with Crippen molar-refractivity contribution in [1.29, 1.82) is 0 Å². The summed E-state index contributed by atoms with van der Waals surface area (Å²) in [6.45, 7) is 5.08. The van der Waals surface area contributed by atoms with Crippen molar-refractivity contribution >= 4 is 29.3 Å². The predicted molar refractivity (Wildman–Crippen MR) is 61.6 cm³/mol. The van der Waals surface area contributed by atoms with Gasteiger partial charge in [0.1, 0.15) is 4.75 Å². The highest BCUT2D eigenvalue weighted by Gasteiger charge is 2.29. The smallest absolute Gasteiger partial charge is 0.319 e. The monoisotopic (exact) mass is 245 g/mol. The minimum absolute atomic E-state index is 0.525. The normalized spacial score (nSPS) is 11.5. The number of aliphatic carboxylic acids is 1. The van der Waals surface area contributed by atoms with Crippen molar-refractivity contribution in [3.8, 4) is 0 Å². The zero-order valence-electron chi connectivity index (χ0n) is 8.74. The minimum Gasteiger partial charge on any atom is -0.480 e. The quantitative estimate of drug-likeness (QED) is 0.832. The van der Waals surface area contributed by atoms with Crippen LogP contribution in [0.25, 0.3) is 0 Å². The molecular formula is C10H12ClNO2S. The fraction of sp³-hybridized carbons (Fsp3) is 0.400. The molecule has 5 heteroatoms. The average molecular weight is 246 g/mol. The summed E-state index contributed by atoms with van der Waals surface area (Å²) in [6, 6.07) is 1.73. The number of nitrogens with zero attached hydrogens (tertiary/aromatic N) is 1. The average Bonchev–Trinajstić information content (AvgIpc) is 2.12. The minimum atomic E-state index is -0.891. The predicted octanol–water partition coefficient (Wildman–Crippen LogP) is 3.00. The van der Waals surface area contributed by atoms with E-state index in [1.807, 2.05) is 0 Å². The van der Waals surface area contributed by atoms with E-state index in [4.69, 9.17) is 16.7 Å². The molecule has 0 bridgehead atoms. The van der Waals surface area contributed by atoms with Crippen molar-refractivity contribution in [3.63, 3.8) is 0 Å². The molecule has 0 aromatic carbocycles. The van der Waals surface area contributed by atoms with Crippen LogP contribution in [-0.4, -0.2) is 20.8 Å². The van der Waals surface area contributed by atoms with Crippen molar-refractivity contribution < 1.29 is 9.90 Å². The molecular weight excluding hydrogens is 234 g/mol. The second-order valence-electron chi connectivity index (χ2n) is 3.63. The molecule has 1 aromatic rings. The van der Waals surface area contributed by atoms with Gasteiger partial charge in [0.05, 0.1) is 10.7 Å². The number of thioether (sulfide) groups is 1. The Morgan fingerprint density at radius 1 is 1.60 bits per heavy atom. The number of rotatable bonds is 3. The third-order valence-electron chi connectivity index (χ3n) is 1.91. The van der Waals surface area contributed by atoms with Gasteiger partial charge in [0.25, 0.3) is 0 Å². The van der Waals surface area contributed by atoms with E-state index in [9.17, 15) is 4.79 Å². The van der Waals surface area contributed by atoms with Gasteiger partial charge in [0.15, 0.2) is 0 Å². The number of aryl methyl sites for hydroxylation is 1. The lowest BCUT2D eigenvalue weighted by Gasteiger charge is -2.19. The van der Waals surface area contributed by atoms with E-state index in [0.717, 1.165) is 4.90 Å². The summed E-state index contributed by atoms with van der Waals surface area (Å²) >= 11 is 7.25. The van der Waals surface area contributed by atoms with E-state index in [1.54, 1.807) is 33.0 Å². The first kappa shape index (κ1) is 12.3. The van der Waals surface area contributed by atoms with Crippen LogP contribution in [0.5, 0.6) is 0 Å². The van der Waals surface area contributed by atoms with Gasteiger partial charge in [-0.1, -0.05) is 11.6 Å². The fourth-order valence-electron chi connectivity index (χ4n) is 0.922. The third kappa shape index (κ3) is 2.86. The lowest BCUT2D eigenvalue weighted by Crippen LogP contribution is -2.26. The van der Waals surface area contributed by atoms with E-state index in [0.29, 0.717) is 10.7 Å². The van der Waals surface area contributed by atoms with Crippen molar-refractivity contribution in [2.24, 2.45) is 0 Å². The van der Waals surface area contributed by atoms with Gasteiger partial charge in [-0.15, -0.1) is 11.8 Å². The van der Waals surface area contributed by atoms with Gasteiger partial charge in [0.2, 0.25) is 0 Å². The van der Waals surface area contributed by atoms with Gasteiger partial charge in [-0.3, -0.25) is 9.78 Å². The molecule has 0 atom stereocenters. The Labute approximate surface area is 97.9 Å². The number of carboxylic acids is 1. The Kier molecular flexibility index (Phi) is 3.62. The molecule has 1 aromatic heterocycles. The van der Waals surface area contributed by atoms with Gasteiger partial charge in [-0.2, -0.15) is 0 Å². The lowest BCUT2D eigenvalue weighted by molar-refractivity contribution is -0.138. The maximum absolute atomic E-state index is 10.9. The second kappa shape index (κ2) is 4.41. The highest BCUT2D eigenvalue weighted by Crippen LogP contribution is 2.37. The molecule has 1 N–H and O–H groups in total. The lowest BCUT2D eigenvalue weighted by atomic mass is 10.2. The van der Waals surface area contributed by atoms with Crippen LogP contribution >= 0.6 is 23.4 Å². The molecule has 1 rings (SSSR count). The molecule has 0 radical (unpaired) electrons. The number of carbonyl (C=O) groups is 1. The van der Waals surface area contributed by atoms with Gasteiger partial charge in [0, 0.05) is 11.1 Å². The molecule has 1 heterocycles. The molecule has 0 amide bonds. The highest BCUT2D eigenvalue weighted by molar-refractivity contribution is 8.01. The maximum Gasteiger partial charge on any atom is 0.319 e. The Balaban J connectivity index is 3.00. The Morgan fingerprint density at radius 3 is 2.73 bits per heavy atom. The fourth-order valence-corrected chi connectivity index (χ4v) is 2.15. The number of halogens is 1. The van der Waals surface area contributed by atoms with E-state index in [2.05, 4.69) is 4.98 Å². The van der Waals surface area contributed by atoms with Crippen LogP contribution in [-0.2, 0) is 4.79 Å². The number of hydrogen-bond acceptors (Lipinski definition) is 3. The van der Waals surface area contributed by atoms with Gasteiger partial charge in [-0.05, 0) is 26.8 Å². The van der Waals surface area contributed by atoms with Crippen LogP contribution in [0, 0.1) is 6.92 Å². The Hall–Kier alpha value is -0.740. The maximum atomic E-state index is 10.9. The highest BCUT2D eigenvalue weighted by atomic mass is 35.5. The van der Waals surface area contributed by atoms with E-state index >= 15 is 0 Å². The largest absolute Gasteiger partial charge is 0.480 e. The summed E-state index contributed by atoms with van der Waals surface area (Å²) in [5.74, 6) is -0.863. The number of carboxylic acid groups (broad SMARTS) is 1. The molecule has 0 fully saturated rings. The van der Waals surface area contributed by atoms with Crippen LogP contribution in [0.15, 0.2) is 17.2 Å². The van der Waals surface area contributed by atoms with Crippen molar-refractivity contribution in [2.45, 2.75) is 30.4 Å². The first-order valence-corrected chi connectivity index (χ1v) is 5.57. The van der Waals surface area contributed by atoms with Gasteiger partial charge < -0.3 is 5.11 Å². The Morgan fingerprint density at radius 2 is 2.20 bits per heavy atom.